The molecular weight excluding hydrogens is 200 g/mol. The number of anilines is 1. The van der Waals surface area contributed by atoms with Crippen molar-refractivity contribution in [1.29, 1.82) is 5.26 Å². The summed E-state index contributed by atoms with van der Waals surface area (Å²) in [5.74, 6) is 1.01. The van der Waals surface area contributed by atoms with Gasteiger partial charge in [-0.3, -0.25) is 0 Å². The molecule has 1 aromatic heterocycles. The number of nitrogens with one attached hydrogen (secondary N) is 1. The molecule has 4 heteroatoms. The Morgan fingerprint density at radius 1 is 1.25 bits per heavy atom. The van der Waals surface area contributed by atoms with Crippen LogP contribution < -0.4 is 5.32 Å². The zero-order valence-electron chi connectivity index (χ0n) is 9.32. The third kappa shape index (κ3) is 2.93. The molecule has 1 N–H and O–H groups in total. The monoisotopic (exact) mass is 216 g/mol. The largest absolute Gasteiger partial charge is 0.367 e. The molecule has 2 rings (SSSR count). The van der Waals surface area contributed by atoms with Crippen LogP contribution in [0.15, 0.2) is 12.3 Å². The Kier molecular flexibility index (Phi) is 3.71. The summed E-state index contributed by atoms with van der Waals surface area (Å²) in [7, 11) is 0. The summed E-state index contributed by atoms with van der Waals surface area (Å²) >= 11 is 0. The van der Waals surface area contributed by atoms with Gasteiger partial charge in [0.1, 0.15) is 11.9 Å². The van der Waals surface area contributed by atoms with E-state index in [1.807, 2.05) is 12.1 Å². The Bertz CT molecular complexity index is 375. The second-order valence-electron chi connectivity index (χ2n) is 4.21. The molecular formula is C12H16N4. The van der Waals surface area contributed by atoms with Crippen molar-refractivity contribution >= 4 is 5.82 Å². The van der Waals surface area contributed by atoms with Gasteiger partial charge in [0.25, 0.3) is 0 Å². The predicted octanol–water partition coefficient (Wildman–Crippen LogP) is 2.48. The molecule has 0 saturated heterocycles. The van der Waals surface area contributed by atoms with E-state index in [0.717, 1.165) is 5.82 Å². The molecule has 4 nitrogen and oxygen atoms in total. The zero-order chi connectivity index (χ0) is 11.2. The van der Waals surface area contributed by atoms with Gasteiger partial charge in [-0.15, -0.1) is 0 Å². The van der Waals surface area contributed by atoms with Crippen molar-refractivity contribution in [3.8, 4) is 6.07 Å². The SMILES string of the molecule is N#Cc1nccc(NC2CCCCCC2)n1. The lowest BCUT2D eigenvalue weighted by Crippen LogP contribution is -2.19. The Labute approximate surface area is 95.7 Å². The molecule has 0 spiro atoms. The number of nitrogens with zero attached hydrogens (tertiary/aromatic N) is 3. The summed E-state index contributed by atoms with van der Waals surface area (Å²) < 4.78 is 0. The second kappa shape index (κ2) is 5.45. The average Bonchev–Trinajstić information content (AvgIpc) is 2.58. The van der Waals surface area contributed by atoms with E-state index in [1.54, 1.807) is 6.20 Å². The normalized spacial score (nSPS) is 17.4. The van der Waals surface area contributed by atoms with Crippen LogP contribution in [-0.4, -0.2) is 16.0 Å². The molecule has 0 aromatic carbocycles. The van der Waals surface area contributed by atoms with E-state index in [9.17, 15) is 0 Å². The fourth-order valence-electron chi connectivity index (χ4n) is 2.13. The van der Waals surface area contributed by atoms with E-state index in [4.69, 9.17) is 5.26 Å². The molecule has 1 aromatic rings. The van der Waals surface area contributed by atoms with Crippen LogP contribution in [-0.2, 0) is 0 Å². The van der Waals surface area contributed by atoms with Crippen LogP contribution in [0.4, 0.5) is 5.82 Å². The highest BCUT2D eigenvalue weighted by Gasteiger charge is 2.12. The van der Waals surface area contributed by atoms with Gasteiger partial charge in [0.05, 0.1) is 0 Å². The molecule has 1 aliphatic carbocycles. The standard InChI is InChI=1S/C12H16N4/c13-9-12-14-8-7-11(16-12)15-10-5-3-1-2-4-6-10/h7-8,10H,1-6H2,(H,14,15,16). The quantitative estimate of drug-likeness (QED) is 0.771. The Hall–Kier alpha value is -1.63. The van der Waals surface area contributed by atoms with Crippen molar-refractivity contribution < 1.29 is 0 Å². The maximum Gasteiger partial charge on any atom is 0.234 e. The van der Waals surface area contributed by atoms with E-state index in [-0.39, 0.29) is 5.82 Å². The third-order valence-corrected chi connectivity index (χ3v) is 2.96. The number of hydrogen-bond acceptors (Lipinski definition) is 4. The summed E-state index contributed by atoms with van der Waals surface area (Å²) in [6, 6.07) is 4.28. The molecule has 0 radical (unpaired) electrons. The number of hydrogen-bond donors (Lipinski definition) is 1. The Morgan fingerprint density at radius 3 is 2.69 bits per heavy atom. The summed E-state index contributed by atoms with van der Waals surface area (Å²) in [6.45, 7) is 0. The molecule has 1 fully saturated rings. The van der Waals surface area contributed by atoms with Gasteiger partial charge in [0, 0.05) is 12.2 Å². The molecule has 1 heterocycles. The Morgan fingerprint density at radius 2 is 2.00 bits per heavy atom. The van der Waals surface area contributed by atoms with E-state index in [0.29, 0.717) is 6.04 Å². The molecule has 0 amide bonds. The lowest BCUT2D eigenvalue weighted by atomic mass is 10.1. The van der Waals surface area contributed by atoms with Crippen molar-refractivity contribution in [3.63, 3.8) is 0 Å². The highest BCUT2D eigenvalue weighted by Crippen LogP contribution is 2.20. The van der Waals surface area contributed by atoms with Crippen LogP contribution >= 0.6 is 0 Å². The van der Waals surface area contributed by atoms with Crippen LogP contribution in [0.5, 0.6) is 0 Å². The third-order valence-electron chi connectivity index (χ3n) is 2.96. The van der Waals surface area contributed by atoms with Crippen LogP contribution in [0, 0.1) is 11.3 Å². The molecule has 0 bridgehead atoms. The minimum absolute atomic E-state index is 0.235. The first-order chi connectivity index (χ1) is 7.88. The summed E-state index contributed by atoms with van der Waals surface area (Å²) in [4.78, 5) is 7.99. The number of nitriles is 1. The molecule has 1 saturated carbocycles. The van der Waals surface area contributed by atoms with E-state index in [2.05, 4.69) is 15.3 Å². The average molecular weight is 216 g/mol. The van der Waals surface area contributed by atoms with E-state index >= 15 is 0 Å². The summed E-state index contributed by atoms with van der Waals surface area (Å²) in [5, 5.41) is 12.1. The molecule has 0 atom stereocenters. The van der Waals surface area contributed by atoms with Crippen molar-refractivity contribution in [2.24, 2.45) is 0 Å². The molecule has 84 valence electrons. The predicted molar refractivity (Wildman–Crippen MR) is 61.9 cm³/mol. The first-order valence-electron chi connectivity index (χ1n) is 5.88. The van der Waals surface area contributed by atoms with E-state index in [1.165, 1.54) is 38.5 Å². The zero-order valence-corrected chi connectivity index (χ0v) is 9.32. The topological polar surface area (TPSA) is 61.6 Å². The fraction of sp³-hybridized carbons (Fsp3) is 0.583. The number of aromatic nitrogens is 2. The van der Waals surface area contributed by atoms with Crippen molar-refractivity contribution in [2.75, 3.05) is 5.32 Å². The van der Waals surface area contributed by atoms with Crippen LogP contribution in [0.25, 0.3) is 0 Å². The number of rotatable bonds is 2. The van der Waals surface area contributed by atoms with Gasteiger partial charge in [-0.2, -0.15) is 5.26 Å². The van der Waals surface area contributed by atoms with Gasteiger partial charge in [0.2, 0.25) is 5.82 Å². The fourth-order valence-corrected chi connectivity index (χ4v) is 2.13. The van der Waals surface area contributed by atoms with Gasteiger partial charge in [-0.1, -0.05) is 25.7 Å². The second-order valence-corrected chi connectivity index (χ2v) is 4.21. The maximum atomic E-state index is 8.71. The first-order valence-corrected chi connectivity index (χ1v) is 5.88. The Balaban J connectivity index is 1.99. The van der Waals surface area contributed by atoms with E-state index < -0.39 is 0 Å². The highest BCUT2D eigenvalue weighted by molar-refractivity contribution is 5.36. The van der Waals surface area contributed by atoms with Crippen LogP contribution in [0.1, 0.15) is 44.3 Å². The van der Waals surface area contributed by atoms with Gasteiger partial charge in [0.15, 0.2) is 0 Å². The summed E-state index contributed by atoms with van der Waals surface area (Å²) in [5.41, 5.74) is 0. The highest BCUT2D eigenvalue weighted by atomic mass is 15.0. The van der Waals surface area contributed by atoms with Crippen molar-refractivity contribution in [2.45, 2.75) is 44.6 Å². The minimum atomic E-state index is 0.235. The van der Waals surface area contributed by atoms with Crippen molar-refractivity contribution in [1.82, 2.24) is 9.97 Å². The molecule has 1 aliphatic rings. The van der Waals surface area contributed by atoms with Gasteiger partial charge in [-0.25, -0.2) is 9.97 Å². The first kappa shape index (κ1) is 10.9. The lowest BCUT2D eigenvalue weighted by molar-refractivity contribution is 0.617. The van der Waals surface area contributed by atoms with Gasteiger partial charge >= 0.3 is 0 Å². The molecule has 0 unspecified atom stereocenters. The minimum Gasteiger partial charge on any atom is -0.367 e. The summed E-state index contributed by atoms with van der Waals surface area (Å²) in [6.07, 6.45) is 9.28. The van der Waals surface area contributed by atoms with Gasteiger partial charge in [-0.05, 0) is 18.9 Å². The smallest absolute Gasteiger partial charge is 0.234 e. The molecule has 0 aliphatic heterocycles. The van der Waals surface area contributed by atoms with Crippen LogP contribution in [0.2, 0.25) is 0 Å². The van der Waals surface area contributed by atoms with Crippen LogP contribution in [0.3, 0.4) is 0 Å². The van der Waals surface area contributed by atoms with Gasteiger partial charge < -0.3 is 5.32 Å². The maximum absolute atomic E-state index is 8.71. The molecule has 16 heavy (non-hydrogen) atoms. The van der Waals surface area contributed by atoms with Crippen molar-refractivity contribution in [3.05, 3.63) is 18.1 Å². The lowest BCUT2D eigenvalue weighted by Gasteiger charge is -2.16.